The number of sulfonamides is 1. The largest absolute Gasteiger partial charge is 0.353 e. The van der Waals surface area contributed by atoms with Crippen molar-refractivity contribution in [2.45, 2.75) is 36.1 Å². The van der Waals surface area contributed by atoms with Gasteiger partial charge in [-0.1, -0.05) is 23.7 Å². The molecule has 1 aromatic carbocycles. The van der Waals surface area contributed by atoms with Crippen LogP contribution in [0.2, 0.25) is 5.02 Å². The molecule has 2 aliphatic heterocycles. The maximum absolute atomic E-state index is 13.0. The molecule has 0 radical (unpaired) electrons. The zero-order chi connectivity index (χ0) is 22.9. The van der Waals surface area contributed by atoms with Gasteiger partial charge in [0.05, 0.1) is 4.90 Å². The predicted molar refractivity (Wildman–Crippen MR) is 122 cm³/mol. The number of H-pyrrole nitrogens is 1. The molecule has 1 amide bonds. The van der Waals surface area contributed by atoms with Gasteiger partial charge < -0.3 is 15.2 Å². The van der Waals surface area contributed by atoms with Crippen LogP contribution in [0, 0.1) is 0 Å². The molecule has 1 unspecified atom stereocenters. The van der Waals surface area contributed by atoms with E-state index in [1.54, 1.807) is 36.4 Å². The van der Waals surface area contributed by atoms with Gasteiger partial charge in [-0.2, -0.15) is 4.31 Å². The number of carbonyl (C=O) groups excluding carboxylic acids is 1. The molecule has 2 N–H and O–H groups in total. The van der Waals surface area contributed by atoms with Crippen LogP contribution in [0.25, 0.3) is 0 Å². The number of aromatic amines is 1. The van der Waals surface area contributed by atoms with Crippen molar-refractivity contribution in [1.82, 2.24) is 19.5 Å². The Labute approximate surface area is 192 Å². The van der Waals surface area contributed by atoms with Crippen LogP contribution in [0.15, 0.2) is 46.1 Å². The fourth-order valence-electron chi connectivity index (χ4n) is 4.31. The van der Waals surface area contributed by atoms with Crippen molar-refractivity contribution in [1.29, 1.82) is 0 Å². The summed E-state index contributed by atoms with van der Waals surface area (Å²) in [6.45, 7) is 2.35. The Kier molecular flexibility index (Phi) is 6.71. The van der Waals surface area contributed by atoms with Gasteiger partial charge in [0.1, 0.15) is 5.02 Å². The highest BCUT2D eigenvalue weighted by molar-refractivity contribution is 7.89. The number of piperazine rings is 1. The average molecular weight is 479 g/mol. The summed E-state index contributed by atoms with van der Waals surface area (Å²) in [5, 5.41) is 3.08. The molecule has 8 nitrogen and oxygen atoms in total. The van der Waals surface area contributed by atoms with E-state index in [0.29, 0.717) is 44.7 Å². The van der Waals surface area contributed by atoms with Gasteiger partial charge in [0, 0.05) is 50.3 Å². The summed E-state index contributed by atoms with van der Waals surface area (Å²) in [6, 6.07) is 10.1. The van der Waals surface area contributed by atoms with Crippen molar-refractivity contribution in [2.75, 3.05) is 33.2 Å². The third kappa shape index (κ3) is 4.91. The number of aromatic nitrogens is 1. The summed E-state index contributed by atoms with van der Waals surface area (Å²) in [5.41, 5.74) is 1.16. The van der Waals surface area contributed by atoms with Crippen LogP contribution >= 0.6 is 11.6 Å². The van der Waals surface area contributed by atoms with Gasteiger partial charge in [0.2, 0.25) is 15.9 Å². The van der Waals surface area contributed by atoms with Gasteiger partial charge in [0.25, 0.3) is 5.56 Å². The fraction of sp³-hybridized carbons (Fsp3) is 0.455. The number of amides is 1. The molecule has 10 heteroatoms. The number of nitrogens with one attached hydrogen (secondary N) is 2. The van der Waals surface area contributed by atoms with E-state index in [0.717, 1.165) is 12.0 Å². The van der Waals surface area contributed by atoms with E-state index in [-0.39, 0.29) is 33.3 Å². The molecule has 32 heavy (non-hydrogen) atoms. The van der Waals surface area contributed by atoms with Crippen LogP contribution in [0.1, 0.15) is 36.4 Å². The van der Waals surface area contributed by atoms with E-state index < -0.39 is 10.0 Å². The normalized spacial score (nSPS) is 21.4. The van der Waals surface area contributed by atoms with Gasteiger partial charge in [-0.25, -0.2) is 8.42 Å². The Bertz CT molecular complexity index is 1140. The average Bonchev–Trinajstić information content (AvgIpc) is 3.19. The molecule has 4 rings (SSSR count). The number of nitrogens with zero attached hydrogens (tertiary/aromatic N) is 2. The first-order chi connectivity index (χ1) is 15.2. The number of carbonyl (C=O) groups is 1. The second kappa shape index (κ2) is 9.35. The van der Waals surface area contributed by atoms with Crippen LogP contribution in [0.4, 0.5) is 0 Å². The van der Waals surface area contributed by atoms with Crippen molar-refractivity contribution in [3.8, 4) is 0 Å². The van der Waals surface area contributed by atoms with E-state index in [1.807, 2.05) is 7.05 Å². The number of rotatable bonds is 6. The van der Waals surface area contributed by atoms with Gasteiger partial charge in [0.15, 0.2) is 0 Å². The molecular formula is C22H27ClN4O4S. The van der Waals surface area contributed by atoms with Crippen molar-refractivity contribution in [3.05, 3.63) is 63.0 Å². The predicted octanol–water partition coefficient (Wildman–Crippen LogP) is 1.76. The van der Waals surface area contributed by atoms with E-state index in [2.05, 4.69) is 15.2 Å². The lowest BCUT2D eigenvalue weighted by molar-refractivity contribution is -0.119. The molecule has 172 valence electrons. The summed E-state index contributed by atoms with van der Waals surface area (Å²) in [6.07, 6.45) is 1.80. The molecule has 3 heterocycles. The minimum atomic E-state index is -3.56. The van der Waals surface area contributed by atoms with E-state index >= 15 is 0 Å². The molecule has 2 fully saturated rings. The summed E-state index contributed by atoms with van der Waals surface area (Å²) in [4.78, 5) is 29.0. The molecule has 0 aliphatic carbocycles. The molecule has 1 aromatic heterocycles. The summed E-state index contributed by atoms with van der Waals surface area (Å²) >= 11 is 5.90. The number of halogens is 1. The Hall–Kier alpha value is -2.20. The van der Waals surface area contributed by atoms with E-state index in [1.165, 1.54) is 4.31 Å². The molecule has 2 atom stereocenters. The molecular weight excluding hydrogens is 452 g/mol. The van der Waals surface area contributed by atoms with Crippen molar-refractivity contribution >= 4 is 27.5 Å². The molecule has 2 saturated heterocycles. The highest BCUT2D eigenvalue weighted by Crippen LogP contribution is 2.31. The van der Waals surface area contributed by atoms with Crippen LogP contribution in [-0.2, 0) is 14.8 Å². The smallest absolute Gasteiger partial charge is 0.266 e. The maximum atomic E-state index is 13.0. The van der Waals surface area contributed by atoms with E-state index in [9.17, 15) is 18.0 Å². The molecule has 0 bridgehead atoms. The van der Waals surface area contributed by atoms with E-state index in [4.69, 9.17) is 11.6 Å². The first kappa shape index (κ1) is 23.0. The lowest BCUT2D eigenvalue weighted by Crippen LogP contribution is -2.47. The zero-order valence-corrected chi connectivity index (χ0v) is 19.5. The van der Waals surface area contributed by atoms with Gasteiger partial charge in [-0.3, -0.25) is 9.59 Å². The highest BCUT2D eigenvalue weighted by Gasteiger charge is 2.29. The summed E-state index contributed by atoms with van der Waals surface area (Å²) in [7, 11) is -1.58. The minimum Gasteiger partial charge on any atom is -0.353 e. The van der Waals surface area contributed by atoms with Crippen LogP contribution in [0.5, 0.6) is 0 Å². The number of pyridine rings is 1. The number of hydrogen-bond acceptors (Lipinski definition) is 5. The SMILES string of the molecule is CN1CCN(S(=O)(=O)c2ccc(C(C[C@H]3CCC(=O)N3)c3ccc(Cl)c(=O)[nH]3)cc2)CC1. The third-order valence-corrected chi connectivity index (χ3v) is 8.46. The van der Waals surface area contributed by atoms with Gasteiger partial charge in [-0.15, -0.1) is 0 Å². The fourth-order valence-corrected chi connectivity index (χ4v) is 5.84. The Morgan fingerprint density at radius 2 is 1.75 bits per heavy atom. The quantitative estimate of drug-likeness (QED) is 0.658. The van der Waals surface area contributed by atoms with Crippen molar-refractivity contribution < 1.29 is 13.2 Å². The Morgan fingerprint density at radius 1 is 1.06 bits per heavy atom. The molecule has 2 aliphatic rings. The summed E-state index contributed by atoms with van der Waals surface area (Å²) in [5.74, 6) is -0.198. The first-order valence-electron chi connectivity index (χ1n) is 10.7. The van der Waals surface area contributed by atoms with Crippen LogP contribution in [0.3, 0.4) is 0 Å². The van der Waals surface area contributed by atoms with Crippen LogP contribution in [-0.4, -0.2) is 67.8 Å². The number of hydrogen-bond donors (Lipinski definition) is 2. The Balaban J connectivity index is 1.61. The van der Waals surface area contributed by atoms with Gasteiger partial charge in [-0.05, 0) is 49.7 Å². The minimum absolute atomic E-state index is 0.0135. The lowest BCUT2D eigenvalue weighted by Gasteiger charge is -2.31. The van der Waals surface area contributed by atoms with Crippen LogP contribution < -0.4 is 10.9 Å². The lowest BCUT2D eigenvalue weighted by atomic mass is 9.88. The summed E-state index contributed by atoms with van der Waals surface area (Å²) < 4.78 is 27.6. The number of benzene rings is 1. The second-order valence-corrected chi connectivity index (χ2v) is 10.8. The topological polar surface area (TPSA) is 103 Å². The van der Waals surface area contributed by atoms with Gasteiger partial charge >= 0.3 is 0 Å². The van der Waals surface area contributed by atoms with Crippen molar-refractivity contribution in [2.24, 2.45) is 0 Å². The first-order valence-corrected chi connectivity index (χ1v) is 12.5. The molecule has 2 aromatic rings. The standard InChI is InChI=1S/C22H27ClN4O4S/c1-26-10-12-27(13-11-26)32(30,31)17-5-2-15(3-6-17)18(14-16-4-9-21(28)24-16)20-8-7-19(23)22(29)25-20/h2-3,5-8,16,18H,4,9-14H2,1H3,(H,24,28)(H,25,29)/t16-,18?/m1/s1. The molecule has 0 saturated carbocycles. The number of likely N-dealkylation sites (N-methyl/N-ethyl adjacent to an activating group) is 1. The van der Waals surface area contributed by atoms with Crippen molar-refractivity contribution in [3.63, 3.8) is 0 Å². The molecule has 0 spiro atoms. The Morgan fingerprint density at radius 3 is 2.34 bits per heavy atom. The monoisotopic (exact) mass is 478 g/mol. The maximum Gasteiger partial charge on any atom is 0.266 e. The third-order valence-electron chi connectivity index (χ3n) is 6.25. The highest BCUT2D eigenvalue weighted by atomic mass is 35.5. The zero-order valence-electron chi connectivity index (χ0n) is 17.9. The second-order valence-electron chi connectivity index (χ2n) is 8.46.